The van der Waals surface area contributed by atoms with Crippen LogP contribution in [0.25, 0.3) is 5.57 Å². The quantitative estimate of drug-likeness (QED) is 0.444. The Morgan fingerprint density at radius 3 is 2.39 bits per heavy atom. The Morgan fingerprint density at radius 1 is 1.19 bits per heavy atom. The van der Waals surface area contributed by atoms with E-state index in [0.717, 1.165) is 24.0 Å². The standard InChI is InChI=1S/C26H35N5O5/c1-14(2)13-30-22-19(16-7-9-18(10-8-16)28-25(35)36-26(4,5)6)15(3)29-31(22)24(34)20(23(30)33)21(32)27-17-11-12-17/h7-10,14-15,17,29,34H,11-13H2,1-6H3,(H,27,32)(H,28,35). The second-order valence-corrected chi connectivity index (χ2v) is 10.9. The van der Waals surface area contributed by atoms with Crippen molar-refractivity contribution in [3.05, 3.63) is 47.1 Å². The molecule has 2 heterocycles. The second-order valence-electron chi connectivity index (χ2n) is 10.9. The van der Waals surface area contributed by atoms with Gasteiger partial charge < -0.3 is 15.2 Å². The van der Waals surface area contributed by atoms with Gasteiger partial charge >= 0.3 is 6.09 Å². The van der Waals surface area contributed by atoms with Gasteiger partial charge in [0, 0.05) is 23.8 Å². The molecule has 1 aliphatic carbocycles. The van der Waals surface area contributed by atoms with E-state index in [1.54, 1.807) is 37.8 Å². The van der Waals surface area contributed by atoms with Crippen LogP contribution in [0.1, 0.15) is 59.9 Å². The number of nitrogens with zero attached hydrogens (tertiary/aromatic N) is 2. The van der Waals surface area contributed by atoms with Crippen molar-refractivity contribution in [1.29, 1.82) is 0 Å². The third-order valence-electron chi connectivity index (χ3n) is 5.89. The summed E-state index contributed by atoms with van der Waals surface area (Å²) in [5.74, 6) is -0.878. The van der Waals surface area contributed by atoms with Gasteiger partial charge in [0.2, 0.25) is 5.88 Å². The fourth-order valence-electron chi connectivity index (χ4n) is 4.25. The summed E-state index contributed by atoms with van der Waals surface area (Å²) >= 11 is 0. The molecular formula is C26H35N5O5. The van der Waals surface area contributed by atoms with Crippen molar-refractivity contribution in [3.8, 4) is 0 Å². The number of nitrogens with one attached hydrogen (secondary N) is 3. The first-order chi connectivity index (χ1) is 16.9. The molecule has 2 aliphatic heterocycles. The summed E-state index contributed by atoms with van der Waals surface area (Å²) in [6, 6.07) is 6.97. The molecule has 0 spiro atoms. The summed E-state index contributed by atoms with van der Waals surface area (Å²) in [6.07, 6.45) is 1.19. The smallest absolute Gasteiger partial charge is 0.412 e. The van der Waals surface area contributed by atoms with Gasteiger partial charge in [-0.3, -0.25) is 19.8 Å². The van der Waals surface area contributed by atoms with Gasteiger partial charge in [0.25, 0.3) is 11.8 Å². The molecule has 0 aromatic heterocycles. The Morgan fingerprint density at radius 2 is 1.83 bits per heavy atom. The summed E-state index contributed by atoms with van der Waals surface area (Å²) in [5.41, 5.74) is 4.49. The zero-order chi connectivity index (χ0) is 26.4. The number of amides is 3. The highest BCUT2D eigenvalue weighted by molar-refractivity contribution is 6.20. The van der Waals surface area contributed by atoms with Crippen molar-refractivity contribution in [1.82, 2.24) is 20.7 Å². The van der Waals surface area contributed by atoms with Crippen molar-refractivity contribution in [3.63, 3.8) is 0 Å². The molecule has 0 saturated heterocycles. The van der Waals surface area contributed by atoms with E-state index in [9.17, 15) is 19.5 Å². The van der Waals surface area contributed by atoms with Crippen molar-refractivity contribution in [2.24, 2.45) is 5.92 Å². The maximum absolute atomic E-state index is 13.5. The molecule has 0 radical (unpaired) electrons. The molecule has 36 heavy (non-hydrogen) atoms. The molecule has 1 atom stereocenters. The second kappa shape index (κ2) is 9.50. The summed E-state index contributed by atoms with van der Waals surface area (Å²) in [6.45, 7) is 11.7. The zero-order valence-corrected chi connectivity index (χ0v) is 21.6. The fourth-order valence-corrected chi connectivity index (χ4v) is 4.25. The maximum atomic E-state index is 13.5. The van der Waals surface area contributed by atoms with Gasteiger partial charge in [0.15, 0.2) is 5.57 Å². The van der Waals surface area contributed by atoms with Gasteiger partial charge in [-0.15, -0.1) is 0 Å². The number of carbonyl (C=O) groups excluding carboxylic acids is 3. The van der Waals surface area contributed by atoms with Crippen molar-refractivity contribution in [2.45, 2.75) is 72.1 Å². The highest BCUT2D eigenvalue weighted by Gasteiger charge is 2.46. The van der Waals surface area contributed by atoms with Gasteiger partial charge in [-0.1, -0.05) is 26.0 Å². The van der Waals surface area contributed by atoms with Crippen LogP contribution in [0.2, 0.25) is 0 Å². The Bertz CT molecular complexity index is 1130. The van der Waals surface area contributed by atoms with Crippen LogP contribution in [0.15, 0.2) is 41.5 Å². The van der Waals surface area contributed by atoms with E-state index in [1.807, 2.05) is 32.9 Å². The number of carbonyl (C=O) groups is 3. The predicted molar refractivity (Wildman–Crippen MR) is 135 cm³/mol. The lowest BCUT2D eigenvalue weighted by molar-refractivity contribution is -0.132. The Labute approximate surface area is 211 Å². The maximum Gasteiger partial charge on any atom is 0.412 e. The van der Waals surface area contributed by atoms with Crippen LogP contribution in [0.3, 0.4) is 0 Å². The average Bonchev–Trinajstić information content (AvgIpc) is 3.50. The lowest BCUT2D eigenvalue weighted by Crippen LogP contribution is -2.51. The first kappa shape index (κ1) is 25.6. The Kier molecular flexibility index (Phi) is 6.74. The molecule has 1 aromatic rings. The van der Waals surface area contributed by atoms with Crippen molar-refractivity contribution >= 4 is 29.2 Å². The summed E-state index contributed by atoms with van der Waals surface area (Å²) in [5, 5.41) is 18.0. The van der Waals surface area contributed by atoms with Gasteiger partial charge in [-0.05, 0) is 64.2 Å². The van der Waals surface area contributed by atoms with E-state index in [1.165, 1.54) is 5.01 Å². The predicted octanol–water partition coefficient (Wildman–Crippen LogP) is 3.46. The molecule has 3 amide bonds. The lowest BCUT2D eigenvalue weighted by Gasteiger charge is -2.37. The van der Waals surface area contributed by atoms with E-state index >= 15 is 0 Å². The van der Waals surface area contributed by atoms with Crippen molar-refractivity contribution < 1.29 is 24.2 Å². The summed E-state index contributed by atoms with van der Waals surface area (Å²) in [7, 11) is 0. The molecule has 1 saturated carbocycles. The highest BCUT2D eigenvalue weighted by Crippen LogP contribution is 2.38. The normalized spacial score (nSPS) is 20.2. The molecule has 3 aliphatic rings. The third kappa shape index (κ3) is 5.33. The van der Waals surface area contributed by atoms with Gasteiger partial charge in [0.05, 0.1) is 6.04 Å². The summed E-state index contributed by atoms with van der Waals surface area (Å²) < 4.78 is 5.31. The van der Waals surface area contributed by atoms with Crippen LogP contribution in [-0.4, -0.2) is 57.2 Å². The number of aliphatic hydroxyl groups excluding tert-OH is 1. The fraction of sp³-hybridized carbons (Fsp3) is 0.500. The molecule has 4 rings (SSSR count). The van der Waals surface area contributed by atoms with E-state index in [-0.39, 0.29) is 23.6 Å². The first-order valence-corrected chi connectivity index (χ1v) is 12.3. The average molecular weight is 498 g/mol. The molecule has 194 valence electrons. The molecule has 1 aromatic carbocycles. The largest absolute Gasteiger partial charge is 0.493 e. The van der Waals surface area contributed by atoms with E-state index < -0.39 is 29.4 Å². The van der Waals surface area contributed by atoms with Crippen LogP contribution < -0.4 is 16.1 Å². The van der Waals surface area contributed by atoms with E-state index in [0.29, 0.717) is 18.1 Å². The minimum atomic E-state index is -0.609. The molecule has 1 unspecified atom stereocenters. The number of hydrazine groups is 1. The number of anilines is 1. The van der Waals surface area contributed by atoms with Crippen LogP contribution in [-0.2, 0) is 14.3 Å². The van der Waals surface area contributed by atoms with Gasteiger partial charge in [-0.25, -0.2) is 15.2 Å². The monoisotopic (exact) mass is 497 g/mol. The van der Waals surface area contributed by atoms with E-state index in [4.69, 9.17) is 4.74 Å². The van der Waals surface area contributed by atoms with Crippen LogP contribution >= 0.6 is 0 Å². The molecule has 4 N–H and O–H groups in total. The summed E-state index contributed by atoms with van der Waals surface area (Å²) in [4.78, 5) is 40.0. The topological polar surface area (TPSA) is 123 Å². The molecule has 1 fully saturated rings. The minimum absolute atomic E-state index is 0.0508. The number of hydrogen-bond donors (Lipinski definition) is 4. The highest BCUT2D eigenvalue weighted by atomic mass is 16.6. The zero-order valence-electron chi connectivity index (χ0n) is 21.6. The number of benzene rings is 1. The van der Waals surface area contributed by atoms with E-state index in [2.05, 4.69) is 16.1 Å². The number of rotatable bonds is 6. The van der Waals surface area contributed by atoms with Crippen molar-refractivity contribution in [2.75, 3.05) is 11.9 Å². The molecule has 10 heteroatoms. The van der Waals surface area contributed by atoms with Gasteiger partial charge in [0.1, 0.15) is 11.4 Å². The molecular weight excluding hydrogens is 462 g/mol. The Balaban J connectivity index is 1.68. The number of fused-ring (bicyclic) bond motifs is 1. The number of aliphatic hydroxyl groups is 1. The SMILES string of the molecule is CC(C)CN1C(=O)C(C(=O)NC2CC2)=C(O)N2NC(C)C(c3ccc(NC(=O)OC(C)(C)C)cc3)=C12. The minimum Gasteiger partial charge on any atom is -0.493 e. The number of ether oxygens (including phenoxy) is 1. The Hall–Kier alpha value is -3.53. The van der Waals surface area contributed by atoms with Crippen LogP contribution in [0.5, 0.6) is 0 Å². The van der Waals surface area contributed by atoms with Gasteiger partial charge in [-0.2, -0.15) is 0 Å². The molecule has 0 bridgehead atoms. The third-order valence-corrected chi connectivity index (χ3v) is 5.89. The number of hydrogen-bond acceptors (Lipinski definition) is 7. The molecule has 10 nitrogen and oxygen atoms in total. The van der Waals surface area contributed by atoms with Crippen LogP contribution in [0, 0.1) is 5.92 Å². The first-order valence-electron chi connectivity index (χ1n) is 12.3. The lowest BCUT2D eigenvalue weighted by atomic mass is 9.98. The van der Waals surface area contributed by atoms with Crippen LogP contribution in [0.4, 0.5) is 10.5 Å².